The van der Waals surface area contributed by atoms with E-state index in [9.17, 15) is 4.79 Å². The third kappa shape index (κ3) is 4.33. The average molecular weight is 286 g/mol. The highest BCUT2D eigenvalue weighted by Gasteiger charge is 2.05. The molecule has 3 nitrogen and oxygen atoms in total. The summed E-state index contributed by atoms with van der Waals surface area (Å²) in [6, 6.07) is 7.69. The van der Waals surface area contributed by atoms with Crippen LogP contribution in [0.2, 0.25) is 0 Å². The molecule has 0 fully saturated rings. The molecule has 0 aromatic heterocycles. The highest BCUT2D eigenvalue weighted by Crippen LogP contribution is 2.17. The molecule has 1 amide bonds. The number of carbonyl (C=O) groups excluding carboxylic acids is 1. The monoisotopic (exact) mass is 285 g/mol. The number of benzene rings is 1. The summed E-state index contributed by atoms with van der Waals surface area (Å²) >= 11 is 3.38. The summed E-state index contributed by atoms with van der Waals surface area (Å²) in [5, 5.41) is 3.55. The number of nitrogens with one attached hydrogen (secondary N) is 1. The van der Waals surface area contributed by atoms with Crippen LogP contribution in [0.3, 0.4) is 0 Å². The van der Waals surface area contributed by atoms with Gasteiger partial charge in [-0.05, 0) is 18.1 Å². The van der Waals surface area contributed by atoms with Crippen LogP contribution in [-0.2, 0) is 14.9 Å². The van der Waals surface area contributed by atoms with Gasteiger partial charge in [0.25, 0.3) is 0 Å². The van der Waals surface area contributed by atoms with E-state index in [1.54, 1.807) is 0 Å². The standard InChI is InChI=1S/C12H16BrNO2/c1-2-7-16-9-12(15)14-11-6-4-3-5-10(11)8-13/h3-6H,2,7-9H2,1H3,(H,14,15). The van der Waals surface area contributed by atoms with Gasteiger partial charge in [0.05, 0.1) is 0 Å². The van der Waals surface area contributed by atoms with Crippen molar-refractivity contribution in [2.24, 2.45) is 0 Å². The van der Waals surface area contributed by atoms with Gasteiger partial charge in [-0.15, -0.1) is 0 Å². The Morgan fingerprint density at radius 3 is 2.88 bits per heavy atom. The summed E-state index contributed by atoms with van der Waals surface area (Å²) in [7, 11) is 0. The predicted octanol–water partition coefficient (Wildman–Crippen LogP) is 2.95. The molecule has 1 aromatic carbocycles. The molecule has 0 radical (unpaired) electrons. The second-order valence-electron chi connectivity index (χ2n) is 3.39. The Hall–Kier alpha value is -0.870. The molecule has 0 aliphatic carbocycles. The summed E-state index contributed by atoms with van der Waals surface area (Å²) in [4.78, 5) is 11.5. The van der Waals surface area contributed by atoms with Gasteiger partial charge in [0.2, 0.25) is 5.91 Å². The number of halogens is 1. The van der Waals surface area contributed by atoms with E-state index in [2.05, 4.69) is 21.2 Å². The van der Waals surface area contributed by atoms with Crippen molar-refractivity contribution in [3.63, 3.8) is 0 Å². The first-order valence-electron chi connectivity index (χ1n) is 5.29. The number of carbonyl (C=O) groups is 1. The van der Waals surface area contributed by atoms with Crippen LogP contribution in [0.25, 0.3) is 0 Å². The average Bonchev–Trinajstić information content (AvgIpc) is 2.30. The first kappa shape index (κ1) is 13.2. The smallest absolute Gasteiger partial charge is 0.250 e. The van der Waals surface area contributed by atoms with E-state index in [0.717, 1.165) is 23.0 Å². The van der Waals surface area contributed by atoms with E-state index >= 15 is 0 Å². The Morgan fingerprint density at radius 1 is 1.44 bits per heavy atom. The lowest BCUT2D eigenvalue weighted by molar-refractivity contribution is -0.120. The SMILES string of the molecule is CCCOCC(=O)Nc1ccccc1CBr. The fourth-order valence-electron chi connectivity index (χ4n) is 1.25. The normalized spacial score (nSPS) is 10.1. The van der Waals surface area contributed by atoms with Crippen LogP contribution in [0.15, 0.2) is 24.3 Å². The van der Waals surface area contributed by atoms with Crippen molar-refractivity contribution in [1.82, 2.24) is 0 Å². The molecule has 0 aliphatic heterocycles. The third-order valence-corrected chi connectivity index (χ3v) is 2.62. The predicted molar refractivity (Wildman–Crippen MR) is 68.8 cm³/mol. The summed E-state index contributed by atoms with van der Waals surface area (Å²) < 4.78 is 5.17. The van der Waals surface area contributed by atoms with Gasteiger partial charge in [0, 0.05) is 17.6 Å². The largest absolute Gasteiger partial charge is 0.372 e. The van der Waals surface area contributed by atoms with Crippen LogP contribution in [0.4, 0.5) is 5.69 Å². The lowest BCUT2D eigenvalue weighted by Crippen LogP contribution is -2.19. The molecule has 88 valence electrons. The minimum atomic E-state index is -0.109. The lowest BCUT2D eigenvalue weighted by Gasteiger charge is -2.09. The molecule has 1 aromatic rings. The first-order valence-corrected chi connectivity index (χ1v) is 6.41. The van der Waals surface area contributed by atoms with Gasteiger partial charge in [-0.3, -0.25) is 4.79 Å². The van der Waals surface area contributed by atoms with Crippen molar-refractivity contribution in [3.8, 4) is 0 Å². The highest BCUT2D eigenvalue weighted by atomic mass is 79.9. The van der Waals surface area contributed by atoms with Gasteiger partial charge in [-0.2, -0.15) is 0 Å². The number of anilines is 1. The quantitative estimate of drug-likeness (QED) is 0.645. The number of hydrogen-bond donors (Lipinski definition) is 1. The molecule has 0 saturated carbocycles. The molecular weight excluding hydrogens is 270 g/mol. The highest BCUT2D eigenvalue weighted by molar-refractivity contribution is 9.08. The second kappa shape index (κ2) is 7.41. The van der Waals surface area contributed by atoms with E-state index in [1.807, 2.05) is 31.2 Å². The summed E-state index contributed by atoms with van der Waals surface area (Å²) in [6.07, 6.45) is 0.922. The van der Waals surface area contributed by atoms with Crippen molar-refractivity contribution < 1.29 is 9.53 Å². The van der Waals surface area contributed by atoms with E-state index in [1.165, 1.54) is 0 Å². The Kier molecular flexibility index (Phi) is 6.11. The number of para-hydroxylation sites is 1. The molecule has 0 bridgehead atoms. The van der Waals surface area contributed by atoms with Crippen LogP contribution in [-0.4, -0.2) is 19.1 Å². The Bertz CT molecular complexity index is 342. The maximum Gasteiger partial charge on any atom is 0.250 e. The molecule has 0 spiro atoms. The summed E-state index contributed by atoms with van der Waals surface area (Å²) in [6.45, 7) is 2.75. The van der Waals surface area contributed by atoms with Crippen molar-refractivity contribution in [2.75, 3.05) is 18.5 Å². The first-order chi connectivity index (χ1) is 7.77. The number of hydrogen-bond acceptors (Lipinski definition) is 2. The zero-order valence-corrected chi connectivity index (χ0v) is 10.9. The van der Waals surface area contributed by atoms with E-state index in [4.69, 9.17) is 4.74 Å². The Morgan fingerprint density at radius 2 is 2.19 bits per heavy atom. The summed E-state index contributed by atoms with van der Waals surface area (Å²) in [5.41, 5.74) is 1.90. The Balaban J connectivity index is 2.49. The fraction of sp³-hybridized carbons (Fsp3) is 0.417. The van der Waals surface area contributed by atoms with Crippen LogP contribution in [0, 0.1) is 0 Å². The fourth-order valence-corrected chi connectivity index (χ4v) is 1.74. The maximum absolute atomic E-state index is 11.5. The molecule has 4 heteroatoms. The number of alkyl halides is 1. The molecule has 16 heavy (non-hydrogen) atoms. The van der Waals surface area contributed by atoms with Gasteiger partial charge in [0.15, 0.2) is 0 Å². The van der Waals surface area contributed by atoms with Gasteiger partial charge in [-0.25, -0.2) is 0 Å². The Labute approximate surface area is 104 Å². The molecule has 1 N–H and O–H groups in total. The van der Waals surface area contributed by atoms with Gasteiger partial charge in [0.1, 0.15) is 6.61 Å². The summed E-state index contributed by atoms with van der Waals surface area (Å²) in [5.74, 6) is -0.109. The van der Waals surface area contributed by atoms with Crippen LogP contribution in [0.1, 0.15) is 18.9 Å². The van der Waals surface area contributed by atoms with Gasteiger partial charge < -0.3 is 10.1 Å². The molecule has 0 heterocycles. The maximum atomic E-state index is 11.5. The van der Waals surface area contributed by atoms with E-state index in [-0.39, 0.29) is 12.5 Å². The molecule has 0 aliphatic rings. The van der Waals surface area contributed by atoms with Crippen LogP contribution >= 0.6 is 15.9 Å². The zero-order chi connectivity index (χ0) is 11.8. The molecule has 1 rings (SSSR count). The minimum Gasteiger partial charge on any atom is -0.372 e. The van der Waals surface area contributed by atoms with Crippen molar-refractivity contribution in [3.05, 3.63) is 29.8 Å². The topological polar surface area (TPSA) is 38.3 Å². The lowest BCUT2D eigenvalue weighted by atomic mass is 10.2. The molecular formula is C12H16BrNO2. The number of rotatable bonds is 6. The number of amides is 1. The van der Waals surface area contributed by atoms with Crippen LogP contribution in [0.5, 0.6) is 0 Å². The molecule has 0 saturated heterocycles. The zero-order valence-electron chi connectivity index (χ0n) is 9.33. The van der Waals surface area contributed by atoms with Crippen LogP contribution < -0.4 is 5.32 Å². The molecule has 0 unspecified atom stereocenters. The van der Waals surface area contributed by atoms with E-state index in [0.29, 0.717) is 6.61 Å². The van der Waals surface area contributed by atoms with Crippen molar-refractivity contribution in [1.29, 1.82) is 0 Å². The minimum absolute atomic E-state index is 0.109. The number of ether oxygens (including phenoxy) is 1. The van der Waals surface area contributed by atoms with Gasteiger partial charge >= 0.3 is 0 Å². The molecule has 0 atom stereocenters. The van der Waals surface area contributed by atoms with Gasteiger partial charge in [-0.1, -0.05) is 41.1 Å². The van der Waals surface area contributed by atoms with E-state index < -0.39 is 0 Å². The third-order valence-electron chi connectivity index (χ3n) is 2.02. The second-order valence-corrected chi connectivity index (χ2v) is 3.95. The van der Waals surface area contributed by atoms with Crippen molar-refractivity contribution in [2.45, 2.75) is 18.7 Å². The van der Waals surface area contributed by atoms with Crippen molar-refractivity contribution >= 4 is 27.5 Å².